The molecule has 10 heteroatoms. The fourth-order valence-corrected chi connectivity index (χ4v) is 3.68. The molecule has 3 unspecified atom stereocenters. The number of rotatable bonds is 4. The Balaban J connectivity index is 2.62. The highest BCUT2D eigenvalue weighted by atomic mass is 35.5. The molecular formula is C16H14Cl2F6O2. The summed E-state index contributed by atoms with van der Waals surface area (Å²) in [5.74, 6) is -1.92. The lowest BCUT2D eigenvalue weighted by molar-refractivity contribution is -0.318. The summed E-state index contributed by atoms with van der Waals surface area (Å²) in [6.07, 6.45) is -11.4. The van der Waals surface area contributed by atoms with Gasteiger partial charge in [0.15, 0.2) is 11.0 Å². The Morgan fingerprint density at radius 3 is 1.73 bits per heavy atom. The molecule has 0 radical (unpaired) electrons. The molecule has 0 fully saturated rings. The molecule has 2 N–H and O–H groups in total. The molecule has 1 aromatic rings. The van der Waals surface area contributed by atoms with Gasteiger partial charge in [-0.3, -0.25) is 0 Å². The summed E-state index contributed by atoms with van der Waals surface area (Å²) in [5, 5.41) is 18.5. The summed E-state index contributed by atoms with van der Waals surface area (Å²) < 4.78 is 83.3. The van der Waals surface area contributed by atoms with Crippen LogP contribution in [0.3, 0.4) is 0 Å². The molecular weight excluding hydrogens is 409 g/mol. The number of hydrogen-bond acceptors (Lipinski definition) is 2. The first-order chi connectivity index (χ1) is 11.8. The highest BCUT2D eigenvalue weighted by Crippen LogP contribution is 2.60. The lowest BCUT2D eigenvalue weighted by Crippen LogP contribution is -2.58. The van der Waals surface area contributed by atoms with E-state index in [1.807, 2.05) is 0 Å². The van der Waals surface area contributed by atoms with E-state index in [4.69, 9.17) is 23.2 Å². The van der Waals surface area contributed by atoms with Gasteiger partial charge in [0, 0.05) is 0 Å². The van der Waals surface area contributed by atoms with Gasteiger partial charge in [0.2, 0.25) is 0 Å². The van der Waals surface area contributed by atoms with Crippen LogP contribution in [-0.4, -0.2) is 28.1 Å². The van der Waals surface area contributed by atoms with Gasteiger partial charge in [-0.15, -0.1) is 0 Å². The van der Waals surface area contributed by atoms with E-state index in [1.54, 1.807) is 0 Å². The molecule has 3 atom stereocenters. The third-order valence-electron chi connectivity index (χ3n) is 4.60. The van der Waals surface area contributed by atoms with Crippen molar-refractivity contribution < 1.29 is 36.6 Å². The molecule has 0 saturated heterocycles. The minimum atomic E-state index is -5.66. The number of hydrogen-bond donors (Lipinski definition) is 2. The average Bonchev–Trinajstić information content (AvgIpc) is 2.95. The topological polar surface area (TPSA) is 40.5 Å². The van der Waals surface area contributed by atoms with Crippen LogP contribution < -0.4 is 0 Å². The first kappa shape index (κ1) is 21.3. The maximum Gasteiger partial charge on any atom is 0.407 e. The zero-order chi connectivity index (χ0) is 19.9. The minimum absolute atomic E-state index is 0.0323. The Labute approximate surface area is 155 Å². The standard InChI is InChI=1S/C16H14Cl2F6O2/c17-12(25)8-1-4-10(5-2-8)14(15(19,20)21,16(22,23)24)11-6-3-9(7-11)13(18)26/h1-5,11-13,25-26H,6-7H2. The van der Waals surface area contributed by atoms with Gasteiger partial charge in [-0.1, -0.05) is 53.5 Å². The number of aliphatic hydroxyl groups excluding tert-OH is 2. The van der Waals surface area contributed by atoms with Crippen LogP contribution in [0.5, 0.6) is 0 Å². The van der Waals surface area contributed by atoms with E-state index in [9.17, 15) is 36.6 Å². The first-order valence-electron chi connectivity index (χ1n) is 7.39. The second kappa shape index (κ2) is 7.22. The predicted octanol–water partition coefficient (Wildman–Crippen LogP) is 5.17. The normalized spacial score (nSPS) is 21.5. The first-order valence-corrected chi connectivity index (χ1v) is 8.26. The highest BCUT2D eigenvalue weighted by molar-refractivity contribution is 6.21. The van der Waals surface area contributed by atoms with Crippen molar-refractivity contribution in [2.24, 2.45) is 5.92 Å². The smallest absolute Gasteiger partial charge is 0.374 e. The second-order valence-corrected chi connectivity index (χ2v) is 6.84. The number of benzene rings is 1. The molecule has 26 heavy (non-hydrogen) atoms. The Morgan fingerprint density at radius 2 is 1.38 bits per heavy atom. The summed E-state index contributed by atoms with van der Waals surface area (Å²) in [4.78, 5) is 0. The summed E-state index contributed by atoms with van der Waals surface area (Å²) >= 11 is 10.8. The molecule has 146 valence electrons. The summed E-state index contributed by atoms with van der Waals surface area (Å²) in [6.45, 7) is 0. The lowest BCUT2D eigenvalue weighted by Gasteiger charge is -2.42. The van der Waals surface area contributed by atoms with Crippen LogP contribution in [0.25, 0.3) is 0 Å². The lowest BCUT2D eigenvalue weighted by atomic mass is 9.67. The van der Waals surface area contributed by atoms with Crippen LogP contribution >= 0.6 is 23.2 Å². The number of halogens is 8. The number of alkyl halides is 8. The van der Waals surface area contributed by atoms with E-state index in [0.29, 0.717) is 12.1 Å². The monoisotopic (exact) mass is 422 g/mol. The largest absolute Gasteiger partial charge is 0.407 e. The average molecular weight is 423 g/mol. The van der Waals surface area contributed by atoms with Gasteiger partial charge < -0.3 is 10.2 Å². The molecule has 1 aliphatic carbocycles. The minimum Gasteiger partial charge on any atom is -0.374 e. The van der Waals surface area contributed by atoms with Crippen molar-refractivity contribution >= 4 is 23.2 Å². The van der Waals surface area contributed by atoms with Crippen LogP contribution in [-0.2, 0) is 5.41 Å². The van der Waals surface area contributed by atoms with Crippen LogP contribution in [0.1, 0.15) is 29.5 Å². The quantitative estimate of drug-likeness (QED) is 0.399. The third-order valence-corrected chi connectivity index (χ3v) is 5.13. The van der Waals surface area contributed by atoms with Crippen LogP contribution in [0.2, 0.25) is 0 Å². The third kappa shape index (κ3) is 3.56. The molecule has 0 heterocycles. The van der Waals surface area contributed by atoms with E-state index in [1.165, 1.54) is 0 Å². The number of aliphatic hydroxyl groups is 2. The maximum absolute atomic E-state index is 13.9. The van der Waals surface area contributed by atoms with E-state index in [0.717, 1.165) is 18.2 Å². The predicted molar refractivity (Wildman–Crippen MR) is 83.7 cm³/mol. The molecule has 1 aromatic carbocycles. The Hall–Kier alpha value is -0.960. The zero-order valence-corrected chi connectivity index (χ0v) is 14.5. The van der Waals surface area contributed by atoms with Crippen molar-refractivity contribution in [3.63, 3.8) is 0 Å². The fourth-order valence-electron chi connectivity index (χ4n) is 3.36. The van der Waals surface area contributed by atoms with Crippen molar-refractivity contribution in [3.8, 4) is 0 Å². The van der Waals surface area contributed by atoms with E-state index in [2.05, 4.69) is 0 Å². The molecule has 0 saturated carbocycles. The summed E-state index contributed by atoms with van der Waals surface area (Å²) in [5.41, 5.74) is -8.48. The van der Waals surface area contributed by atoms with Gasteiger partial charge in [-0.2, -0.15) is 26.3 Å². The van der Waals surface area contributed by atoms with Crippen molar-refractivity contribution in [2.45, 2.75) is 41.7 Å². The molecule has 2 nitrogen and oxygen atoms in total. The Morgan fingerprint density at radius 1 is 0.885 bits per heavy atom. The van der Waals surface area contributed by atoms with Crippen molar-refractivity contribution in [3.05, 3.63) is 47.0 Å². The van der Waals surface area contributed by atoms with Crippen LogP contribution in [0.4, 0.5) is 26.3 Å². The van der Waals surface area contributed by atoms with Crippen molar-refractivity contribution in [2.75, 3.05) is 0 Å². The van der Waals surface area contributed by atoms with Crippen LogP contribution in [0, 0.1) is 5.92 Å². The fraction of sp³-hybridized carbons (Fsp3) is 0.500. The van der Waals surface area contributed by atoms with E-state index < -0.39 is 53.2 Å². The van der Waals surface area contributed by atoms with Gasteiger partial charge >= 0.3 is 12.4 Å². The summed E-state index contributed by atoms with van der Waals surface area (Å²) in [7, 11) is 0. The number of allylic oxidation sites excluding steroid dienone is 1. The molecule has 1 aliphatic rings. The van der Waals surface area contributed by atoms with Gasteiger partial charge in [-0.25, -0.2) is 0 Å². The summed E-state index contributed by atoms with van der Waals surface area (Å²) in [6, 6.07) is 3.16. The van der Waals surface area contributed by atoms with E-state index in [-0.39, 0.29) is 11.1 Å². The molecule has 2 rings (SSSR count). The van der Waals surface area contributed by atoms with Crippen LogP contribution in [0.15, 0.2) is 35.9 Å². The van der Waals surface area contributed by atoms with Gasteiger partial charge in [0.1, 0.15) is 5.56 Å². The Kier molecular flexibility index (Phi) is 5.93. The molecule has 0 bridgehead atoms. The van der Waals surface area contributed by atoms with Gasteiger partial charge in [-0.05, 0) is 35.5 Å². The van der Waals surface area contributed by atoms with Crippen molar-refractivity contribution in [1.29, 1.82) is 0 Å². The molecule has 0 spiro atoms. The molecule has 0 amide bonds. The maximum atomic E-state index is 13.9. The van der Waals surface area contributed by atoms with Crippen molar-refractivity contribution in [1.82, 2.24) is 0 Å². The highest BCUT2D eigenvalue weighted by Gasteiger charge is 2.74. The van der Waals surface area contributed by atoms with E-state index >= 15 is 0 Å². The molecule has 0 aliphatic heterocycles. The second-order valence-electron chi connectivity index (χ2n) is 6.01. The Bertz CT molecular complexity index is 651. The van der Waals surface area contributed by atoms with Gasteiger partial charge in [0.25, 0.3) is 0 Å². The molecule has 0 aromatic heterocycles. The SMILES string of the molecule is OC(Cl)C1=CCC(C(c2ccc(C(O)Cl)cc2)(C(F)(F)F)C(F)(F)F)C1. The zero-order valence-electron chi connectivity index (χ0n) is 13.0. The van der Waals surface area contributed by atoms with Gasteiger partial charge in [0.05, 0.1) is 0 Å².